The number of hydrogen-bond donors (Lipinski definition) is 2. The van der Waals surface area contributed by atoms with Crippen LogP contribution in [0.4, 0.5) is 0 Å². The summed E-state index contributed by atoms with van der Waals surface area (Å²) in [7, 11) is 0. The SMILES string of the molecule is Cc1cc2nc(C(=O)NCCC3=CCC(C)C=C3)sc2c(-c2ccc3c4c(ccnc24)CCO3)c1[C@H](OC(C)(C)C)C(=O)O. The number of hydrogen-bond acceptors (Lipinski definition) is 7. The molecule has 0 saturated carbocycles. The summed E-state index contributed by atoms with van der Waals surface area (Å²) in [4.78, 5) is 35.7. The van der Waals surface area contributed by atoms with Gasteiger partial charge in [0.1, 0.15) is 5.75 Å². The van der Waals surface area contributed by atoms with Crippen LogP contribution >= 0.6 is 11.3 Å². The zero-order valence-electron chi connectivity index (χ0n) is 25.7. The number of amides is 1. The molecule has 2 N–H and O–H groups in total. The predicted molar refractivity (Wildman–Crippen MR) is 173 cm³/mol. The number of carboxylic acids is 1. The van der Waals surface area contributed by atoms with E-state index >= 15 is 0 Å². The van der Waals surface area contributed by atoms with E-state index in [1.807, 2.05) is 52.0 Å². The quantitative estimate of drug-likeness (QED) is 0.215. The molecule has 6 rings (SSSR count). The highest BCUT2D eigenvalue weighted by Gasteiger charge is 2.33. The smallest absolute Gasteiger partial charge is 0.337 e. The molecule has 0 fully saturated rings. The molecule has 2 aliphatic rings. The number of carbonyl (C=O) groups excluding carboxylic acids is 1. The van der Waals surface area contributed by atoms with Crippen LogP contribution in [0.3, 0.4) is 0 Å². The van der Waals surface area contributed by atoms with Crippen LogP contribution in [0, 0.1) is 12.8 Å². The second-order valence-electron chi connectivity index (χ2n) is 12.6. The molecule has 0 radical (unpaired) electrons. The lowest BCUT2D eigenvalue weighted by Gasteiger charge is -2.28. The fourth-order valence-electron chi connectivity index (χ4n) is 5.96. The highest BCUT2D eigenvalue weighted by atomic mass is 32.1. The van der Waals surface area contributed by atoms with Gasteiger partial charge in [-0.3, -0.25) is 9.78 Å². The first kappa shape index (κ1) is 30.0. The minimum Gasteiger partial charge on any atom is -0.493 e. The van der Waals surface area contributed by atoms with E-state index in [2.05, 4.69) is 30.5 Å². The lowest BCUT2D eigenvalue weighted by Crippen LogP contribution is -2.28. The molecule has 0 bridgehead atoms. The molecule has 1 aliphatic heterocycles. The van der Waals surface area contributed by atoms with Crippen LogP contribution in [0.5, 0.6) is 5.75 Å². The summed E-state index contributed by atoms with van der Waals surface area (Å²) in [5.41, 5.74) is 5.62. The summed E-state index contributed by atoms with van der Waals surface area (Å²) >= 11 is 1.26. The van der Waals surface area contributed by atoms with Crippen molar-refractivity contribution in [2.45, 2.75) is 65.6 Å². The van der Waals surface area contributed by atoms with Gasteiger partial charge in [-0.05, 0) is 81.8 Å². The second kappa shape index (κ2) is 11.8. The molecule has 44 heavy (non-hydrogen) atoms. The molecule has 2 atom stereocenters. The maximum absolute atomic E-state index is 13.4. The number of pyridine rings is 1. The van der Waals surface area contributed by atoms with Crippen LogP contribution in [0.25, 0.3) is 32.2 Å². The Bertz CT molecular complexity index is 1840. The van der Waals surface area contributed by atoms with Crippen molar-refractivity contribution in [1.82, 2.24) is 15.3 Å². The van der Waals surface area contributed by atoms with Gasteiger partial charge in [-0.2, -0.15) is 0 Å². The Balaban J connectivity index is 1.49. The van der Waals surface area contributed by atoms with Crippen molar-refractivity contribution in [3.8, 4) is 16.9 Å². The number of nitrogens with one attached hydrogen (secondary N) is 1. The minimum atomic E-state index is -1.25. The van der Waals surface area contributed by atoms with Gasteiger partial charge in [-0.25, -0.2) is 9.78 Å². The molecule has 1 amide bonds. The fraction of sp³-hybridized carbons (Fsp3) is 0.371. The third kappa shape index (κ3) is 5.86. The van der Waals surface area contributed by atoms with Gasteiger partial charge in [-0.1, -0.05) is 30.7 Å². The lowest BCUT2D eigenvalue weighted by atomic mass is 9.89. The number of carboxylic acid groups (broad SMARTS) is 1. The third-order valence-corrected chi connectivity index (χ3v) is 9.10. The normalized spacial score (nSPS) is 16.9. The number of aryl methyl sites for hydroxylation is 1. The number of ether oxygens (including phenoxy) is 2. The lowest BCUT2D eigenvalue weighted by molar-refractivity contribution is -0.160. The Morgan fingerprint density at radius 3 is 2.80 bits per heavy atom. The average molecular weight is 612 g/mol. The zero-order valence-corrected chi connectivity index (χ0v) is 26.5. The van der Waals surface area contributed by atoms with Gasteiger partial charge < -0.3 is 19.9 Å². The fourth-order valence-corrected chi connectivity index (χ4v) is 6.99. The van der Waals surface area contributed by atoms with Crippen molar-refractivity contribution in [2.24, 2.45) is 5.92 Å². The van der Waals surface area contributed by atoms with Gasteiger partial charge in [0.05, 0.1) is 27.9 Å². The Morgan fingerprint density at radius 1 is 1.25 bits per heavy atom. The topological polar surface area (TPSA) is 111 Å². The van der Waals surface area contributed by atoms with E-state index in [4.69, 9.17) is 19.4 Å². The number of allylic oxidation sites excluding steroid dienone is 3. The molecule has 1 unspecified atom stereocenters. The van der Waals surface area contributed by atoms with E-state index in [1.165, 1.54) is 16.9 Å². The molecule has 0 saturated heterocycles. The van der Waals surface area contributed by atoms with Crippen LogP contribution in [0.15, 0.2) is 54.3 Å². The molecule has 1 aliphatic carbocycles. The van der Waals surface area contributed by atoms with Crippen LogP contribution < -0.4 is 10.1 Å². The van der Waals surface area contributed by atoms with Crippen LogP contribution in [-0.2, 0) is 16.0 Å². The van der Waals surface area contributed by atoms with E-state index in [1.54, 1.807) is 6.20 Å². The third-order valence-electron chi connectivity index (χ3n) is 8.01. The number of benzene rings is 2. The molecule has 228 valence electrons. The molecule has 2 aromatic carbocycles. The summed E-state index contributed by atoms with van der Waals surface area (Å²) < 4.78 is 12.9. The monoisotopic (exact) mass is 611 g/mol. The van der Waals surface area contributed by atoms with Crippen molar-refractivity contribution in [3.63, 3.8) is 0 Å². The Labute approximate surface area is 260 Å². The predicted octanol–water partition coefficient (Wildman–Crippen LogP) is 7.34. The standard InChI is InChI=1S/C35H37N3O5S/c1-19-6-8-21(9-7-19)12-15-37-32(39)33-38-24-18-20(2)26(30(34(40)41)43-35(3,4)5)28(31(24)44-33)23-10-11-25-27-22(14-17-42-25)13-16-36-29(23)27/h6,8-11,13,16,18-19,30H,7,12,14-15,17H2,1-5H3,(H,37,39)(H,40,41)/t19?,30-/m0/s1. The van der Waals surface area contributed by atoms with Gasteiger partial charge in [0.2, 0.25) is 0 Å². The van der Waals surface area contributed by atoms with Crippen molar-refractivity contribution >= 4 is 44.3 Å². The molecule has 0 spiro atoms. The first-order chi connectivity index (χ1) is 21.0. The number of carbonyl (C=O) groups is 2. The summed E-state index contributed by atoms with van der Waals surface area (Å²) in [5, 5.41) is 14.7. The Hall–Kier alpha value is -4.08. The van der Waals surface area contributed by atoms with Gasteiger partial charge in [0, 0.05) is 41.2 Å². The molecular weight excluding hydrogens is 574 g/mol. The van der Waals surface area contributed by atoms with Crippen molar-refractivity contribution in [2.75, 3.05) is 13.2 Å². The van der Waals surface area contributed by atoms with Gasteiger partial charge in [0.25, 0.3) is 5.91 Å². The molecule has 9 heteroatoms. The van der Waals surface area contributed by atoms with E-state index in [0.29, 0.717) is 51.0 Å². The molecule has 8 nitrogen and oxygen atoms in total. The van der Waals surface area contributed by atoms with Crippen molar-refractivity contribution in [3.05, 3.63) is 76.0 Å². The van der Waals surface area contributed by atoms with Crippen LogP contribution in [0.1, 0.15) is 73.1 Å². The number of fused-ring (bicyclic) bond motifs is 1. The average Bonchev–Trinajstić information content (AvgIpc) is 3.40. The molecule has 4 aromatic rings. The largest absolute Gasteiger partial charge is 0.493 e. The number of aliphatic carboxylic acids is 1. The number of aromatic nitrogens is 2. The molecular formula is C35H37N3O5S. The van der Waals surface area contributed by atoms with E-state index in [-0.39, 0.29) is 5.91 Å². The van der Waals surface area contributed by atoms with Gasteiger partial charge in [-0.15, -0.1) is 11.3 Å². The van der Waals surface area contributed by atoms with E-state index in [0.717, 1.165) is 47.0 Å². The van der Waals surface area contributed by atoms with Gasteiger partial charge in [0.15, 0.2) is 11.1 Å². The zero-order chi connectivity index (χ0) is 31.2. The highest BCUT2D eigenvalue weighted by Crippen LogP contribution is 2.46. The first-order valence-electron chi connectivity index (χ1n) is 15.0. The summed E-state index contributed by atoms with van der Waals surface area (Å²) in [6.45, 7) is 10.7. The van der Waals surface area contributed by atoms with Crippen molar-refractivity contribution < 1.29 is 24.2 Å². The Morgan fingerprint density at radius 2 is 2.07 bits per heavy atom. The second-order valence-corrected chi connectivity index (χ2v) is 13.6. The van der Waals surface area contributed by atoms with Gasteiger partial charge >= 0.3 is 5.97 Å². The van der Waals surface area contributed by atoms with Crippen LogP contribution in [-0.4, -0.2) is 45.7 Å². The van der Waals surface area contributed by atoms with E-state index < -0.39 is 17.7 Å². The van der Waals surface area contributed by atoms with E-state index in [9.17, 15) is 14.7 Å². The molecule has 3 heterocycles. The maximum atomic E-state index is 13.4. The number of nitrogens with zero attached hydrogens (tertiary/aromatic N) is 2. The summed E-state index contributed by atoms with van der Waals surface area (Å²) in [5.74, 6) is -0.0514. The van der Waals surface area contributed by atoms with Crippen molar-refractivity contribution in [1.29, 1.82) is 0 Å². The summed E-state index contributed by atoms with van der Waals surface area (Å²) in [6.07, 6.45) is 9.59. The Kier molecular flexibility index (Phi) is 8.02. The first-order valence-corrected chi connectivity index (χ1v) is 15.9. The van der Waals surface area contributed by atoms with Crippen LogP contribution in [0.2, 0.25) is 0 Å². The number of thiazole rings is 1. The summed E-state index contributed by atoms with van der Waals surface area (Å²) in [6, 6.07) is 7.70. The number of rotatable bonds is 8. The molecule has 2 aromatic heterocycles. The minimum absolute atomic E-state index is 0.255. The maximum Gasteiger partial charge on any atom is 0.337 e. The highest BCUT2D eigenvalue weighted by molar-refractivity contribution is 7.20.